The molecule has 0 fully saturated rings. The van der Waals surface area contributed by atoms with Crippen LogP contribution < -0.4 is 5.32 Å². The molecule has 6 heteroatoms. The van der Waals surface area contributed by atoms with Crippen molar-refractivity contribution in [3.05, 3.63) is 22.6 Å². The van der Waals surface area contributed by atoms with E-state index in [1.54, 1.807) is 7.11 Å². The maximum atomic E-state index is 12.2. The minimum absolute atomic E-state index is 0.0529. The van der Waals surface area contributed by atoms with E-state index in [0.717, 1.165) is 11.1 Å². The number of fused-ring (bicyclic) bond motifs is 1. The Labute approximate surface area is 124 Å². The first kappa shape index (κ1) is 15.6. The van der Waals surface area contributed by atoms with Crippen LogP contribution in [-0.4, -0.2) is 37.1 Å². The van der Waals surface area contributed by atoms with Crippen LogP contribution in [0.15, 0.2) is 9.57 Å². The first-order valence-corrected chi connectivity index (χ1v) is 7.00. The third-order valence-electron chi connectivity index (χ3n) is 3.71. The van der Waals surface area contributed by atoms with Crippen molar-refractivity contribution in [3.8, 4) is 0 Å². The lowest BCUT2D eigenvalue weighted by Crippen LogP contribution is -2.27. The number of furan rings is 1. The number of rotatable bonds is 4. The van der Waals surface area contributed by atoms with Crippen LogP contribution in [-0.2, 0) is 11.2 Å². The summed E-state index contributed by atoms with van der Waals surface area (Å²) in [6.45, 7) is 6.85. The van der Waals surface area contributed by atoms with E-state index in [1.165, 1.54) is 0 Å². The Kier molecular flexibility index (Phi) is 4.37. The van der Waals surface area contributed by atoms with E-state index in [0.29, 0.717) is 37.5 Å². The minimum atomic E-state index is -0.269. The van der Waals surface area contributed by atoms with Crippen molar-refractivity contribution in [1.29, 1.82) is 0 Å². The van der Waals surface area contributed by atoms with Gasteiger partial charge >= 0.3 is 0 Å². The van der Waals surface area contributed by atoms with Crippen LogP contribution in [0.5, 0.6) is 0 Å². The molecule has 1 aromatic heterocycles. The third kappa shape index (κ3) is 3.10. The molecule has 0 atom stereocenters. The quantitative estimate of drug-likeness (QED) is 0.506. The minimum Gasteiger partial charge on any atom is -0.455 e. The Bertz CT molecular complexity index is 572. The van der Waals surface area contributed by atoms with Crippen LogP contribution in [0.3, 0.4) is 0 Å². The highest BCUT2D eigenvalue weighted by molar-refractivity contribution is 6.06. The fourth-order valence-electron chi connectivity index (χ4n) is 2.76. The smallest absolute Gasteiger partial charge is 0.287 e. The van der Waals surface area contributed by atoms with Gasteiger partial charge in [-0.3, -0.25) is 4.79 Å². The second kappa shape index (κ2) is 5.89. The highest BCUT2D eigenvalue weighted by Gasteiger charge is 2.36. The molecule has 0 saturated carbocycles. The van der Waals surface area contributed by atoms with Crippen molar-refractivity contribution < 1.29 is 19.2 Å². The lowest BCUT2D eigenvalue weighted by molar-refractivity contribution is 0.0905. The lowest BCUT2D eigenvalue weighted by atomic mass is 9.75. The topological polar surface area (TPSA) is 84.1 Å². The Morgan fingerprint density at radius 1 is 1.48 bits per heavy atom. The summed E-state index contributed by atoms with van der Waals surface area (Å²) in [5, 5.41) is 15.4. The number of methoxy groups -OCH3 is 1. The summed E-state index contributed by atoms with van der Waals surface area (Å²) in [5.74, 6) is 0.734. The van der Waals surface area contributed by atoms with Crippen molar-refractivity contribution >= 4 is 11.6 Å². The van der Waals surface area contributed by atoms with Crippen LogP contribution in [0.4, 0.5) is 0 Å². The van der Waals surface area contributed by atoms with Gasteiger partial charge in [-0.1, -0.05) is 19.0 Å². The van der Waals surface area contributed by atoms with Crippen LogP contribution in [0.25, 0.3) is 0 Å². The van der Waals surface area contributed by atoms with Gasteiger partial charge in [0.2, 0.25) is 0 Å². The van der Waals surface area contributed by atoms with E-state index in [1.807, 2.05) is 6.92 Å². The summed E-state index contributed by atoms with van der Waals surface area (Å²) < 4.78 is 10.7. The zero-order chi connectivity index (χ0) is 15.6. The molecule has 1 heterocycles. The molecule has 1 aliphatic carbocycles. The van der Waals surface area contributed by atoms with Gasteiger partial charge in [0.1, 0.15) is 5.76 Å². The number of oxime groups is 1. The number of hydrogen-bond acceptors (Lipinski definition) is 5. The van der Waals surface area contributed by atoms with Gasteiger partial charge in [0.25, 0.3) is 5.91 Å². The second-order valence-corrected chi connectivity index (χ2v) is 6.17. The summed E-state index contributed by atoms with van der Waals surface area (Å²) in [7, 11) is 1.58. The number of nitrogens with zero attached hydrogens (tertiary/aromatic N) is 1. The summed E-state index contributed by atoms with van der Waals surface area (Å²) in [5.41, 5.74) is 2.03. The zero-order valence-electron chi connectivity index (χ0n) is 12.9. The zero-order valence-corrected chi connectivity index (χ0v) is 12.9. The molecule has 1 aliphatic rings. The van der Waals surface area contributed by atoms with E-state index < -0.39 is 0 Å². The van der Waals surface area contributed by atoms with Crippen molar-refractivity contribution in [1.82, 2.24) is 5.32 Å². The fraction of sp³-hybridized carbons (Fsp3) is 0.600. The normalized spacial score (nSPS) is 18.6. The van der Waals surface area contributed by atoms with Gasteiger partial charge in [0.05, 0.1) is 12.3 Å². The number of nitrogens with one attached hydrogen (secondary N) is 1. The molecular formula is C15H22N2O4. The molecular weight excluding hydrogens is 272 g/mol. The Morgan fingerprint density at radius 2 is 2.19 bits per heavy atom. The molecule has 0 spiro atoms. The van der Waals surface area contributed by atoms with Gasteiger partial charge < -0.3 is 19.7 Å². The first-order valence-electron chi connectivity index (χ1n) is 7.00. The first-order chi connectivity index (χ1) is 9.89. The Morgan fingerprint density at radius 3 is 2.81 bits per heavy atom. The van der Waals surface area contributed by atoms with Gasteiger partial charge in [-0.2, -0.15) is 0 Å². The Hall–Kier alpha value is -1.82. The van der Waals surface area contributed by atoms with E-state index in [2.05, 4.69) is 24.3 Å². The van der Waals surface area contributed by atoms with E-state index in [-0.39, 0.29) is 17.1 Å². The molecule has 0 bridgehead atoms. The largest absolute Gasteiger partial charge is 0.455 e. The predicted octanol–water partition coefficient (Wildman–Crippen LogP) is 2.11. The van der Waals surface area contributed by atoms with Gasteiger partial charge in [-0.25, -0.2) is 0 Å². The summed E-state index contributed by atoms with van der Waals surface area (Å²) in [6.07, 6.45) is 1.37. The molecule has 21 heavy (non-hydrogen) atoms. The monoisotopic (exact) mass is 294 g/mol. The fourth-order valence-corrected chi connectivity index (χ4v) is 2.76. The van der Waals surface area contributed by atoms with Crippen LogP contribution in [0, 0.1) is 12.3 Å². The molecule has 1 amide bonds. The average molecular weight is 294 g/mol. The summed E-state index contributed by atoms with van der Waals surface area (Å²) >= 11 is 0. The van der Waals surface area contributed by atoms with Crippen LogP contribution >= 0.6 is 0 Å². The number of amides is 1. The van der Waals surface area contributed by atoms with E-state index in [4.69, 9.17) is 9.15 Å². The molecule has 1 aromatic rings. The lowest BCUT2D eigenvalue weighted by Gasteiger charge is -2.28. The number of carbonyl (C=O) groups excluding carboxylic acids is 1. The molecule has 0 aromatic carbocycles. The number of hydrogen-bond donors (Lipinski definition) is 2. The highest BCUT2D eigenvalue weighted by atomic mass is 16.5. The van der Waals surface area contributed by atoms with Gasteiger partial charge in [-0.15, -0.1) is 0 Å². The van der Waals surface area contributed by atoms with E-state index >= 15 is 0 Å². The third-order valence-corrected chi connectivity index (χ3v) is 3.71. The molecule has 116 valence electrons. The average Bonchev–Trinajstić information content (AvgIpc) is 2.73. The molecule has 0 saturated heterocycles. The number of ether oxygens (including phenoxy) is 1. The molecule has 2 N–H and O–H groups in total. The predicted molar refractivity (Wildman–Crippen MR) is 78.1 cm³/mol. The SMILES string of the molecule is COCCNC(=O)c1oc2c(c1C)/C(=N\O)CC(C)(C)C2. The van der Waals surface area contributed by atoms with E-state index in [9.17, 15) is 10.0 Å². The number of carbonyl (C=O) groups is 1. The molecule has 2 rings (SSSR count). The van der Waals surface area contributed by atoms with Gasteiger partial charge in [0.15, 0.2) is 5.76 Å². The maximum absolute atomic E-state index is 12.2. The highest BCUT2D eigenvalue weighted by Crippen LogP contribution is 2.38. The molecule has 0 radical (unpaired) electrons. The van der Waals surface area contributed by atoms with Crippen molar-refractivity contribution in [2.45, 2.75) is 33.6 Å². The standard InChI is InChI=1S/C15H22N2O4/c1-9-12-10(17-19)7-15(2,3)8-11(12)21-13(9)14(18)16-5-6-20-4/h19H,5-8H2,1-4H3,(H,16,18)/b17-10-. The van der Waals surface area contributed by atoms with Crippen LogP contribution in [0.1, 0.15) is 47.7 Å². The van der Waals surface area contributed by atoms with Crippen molar-refractivity contribution in [3.63, 3.8) is 0 Å². The molecule has 0 unspecified atom stereocenters. The van der Waals surface area contributed by atoms with Crippen molar-refractivity contribution in [2.24, 2.45) is 10.6 Å². The van der Waals surface area contributed by atoms with Crippen LogP contribution in [0.2, 0.25) is 0 Å². The molecule has 6 nitrogen and oxygen atoms in total. The summed E-state index contributed by atoms with van der Waals surface area (Å²) in [4.78, 5) is 12.2. The summed E-state index contributed by atoms with van der Waals surface area (Å²) in [6, 6.07) is 0. The Balaban J connectivity index is 2.32. The second-order valence-electron chi connectivity index (χ2n) is 6.17. The van der Waals surface area contributed by atoms with Gasteiger partial charge in [0, 0.05) is 31.2 Å². The van der Waals surface area contributed by atoms with Gasteiger partial charge in [-0.05, 0) is 18.8 Å². The van der Waals surface area contributed by atoms with Crippen molar-refractivity contribution in [2.75, 3.05) is 20.3 Å². The molecule has 0 aliphatic heterocycles. The maximum Gasteiger partial charge on any atom is 0.287 e.